The van der Waals surface area contributed by atoms with Gasteiger partial charge in [-0.3, -0.25) is 0 Å². The number of rotatable bonds is 6. The highest BCUT2D eigenvalue weighted by Gasteiger charge is 2.14. The largest absolute Gasteiger partial charge is 0.456 e. The molecule has 1 unspecified atom stereocenters. The molecule has 0 radical (unpaired) electrons. The number of likely N-dealkylation sites (N-methyl/N-ethyl adjacent to an activating group) is 2. The van der Waals surface area contributed by atoms with Gasteiger partial charge in [0.25, 0.3) is 0 Å². The first kappa shape index (κ1) is 13.1. The zero-order chi connectivity index (χ0) is 11.1. The van der Waals surface area contributed by atoms with Crippen molar-refractivity contribution < 1.29 is 9.53 Å². The van der Waals surface area contributed by atoms with Gasteiger partial charge < -0.3 is 15.0 Å². The molecule has 0 rings (SSSR count). The summed E-state index contributed by atoms with van der Waals surface area (Å²) in [6.45, 7) is 6.54. The Morgan fingerprint density at radius 2 is 2.14 bits per heavy atom. The molecule has 0 saturated heterocycles. The summed E-state index contributed by atoms with van der Waals surface area (Å²) in [5, 5.41) is 2.98. The predicted molar refractivity (Wildman–Crippen MR) is 57.2 cm³/mol. The average molecular weight is 200 g/mol. The molecular weight excluding hydrogens is 180 g/mol. The molecule has 0 aromatic rings. The number of hydrogen-bond acceptors (Lipinski definition) is 4. The second kappa shape index (κ2) is 6.56. The maximum atomic E-state index is 11.2. The van der Waals surface area contributed by atoms with Crippen molar-refractivity contribution >= 4 is 5.97 Å². The van der Waals surface area contributed by atoms with Crippen molar-refractivity contribution in [3.05, 3.63) is 12.2 Å². The Morgan fingerprint density at radius 3 is 2.50 bits per heavy atom. The van der Waals surface area contributed by atoms with Gasteiger partial charge >= 0.3 is 5.97 Å². The van der Waals surface area contributed by atoms with Crippen molar-refractivity contribution in [2.75, 3.05) is 34.2 Å². The standard InChI is InChI=1S/C10H20N2O2/c1-8(2)10(13)14-9(6-11-3)7-12(4)5/h9,11H,1,6-7H2,2-5H3. The van der Waals surface area contributed by atoms with E-state index in [0.29, 0.717) is 18.7 Å². The molecule has 0 amide bonds. The molecule has 82 valence electrons. The summed E-state index contributed by atoms with van der Waals surface area (Å²) in [5.41, 5.74) is 0.435. The molecule has 0 aromatic heterocycles. The minimum atomic E-state index is -0.327. The first-order valence-corrected chi connectivity index (χ1v) is 4.63. The highest BCUT2D eigenvalue weighted by atomic mass is 16.5. The van der Waals surface area contributed by atoms with Gasteiger partial charge in [-0.25, -0.2) is 4.79 Å². The fourth-order valence-electron chi connectivity index (χ4n) is 1.03. The molecule has 0 bridgehead atoms. The van der Waals surface area contributed by atoms with Crippen LogP contribution < -0.4 is 5.32 Å². The Kier molecular flexibility index (Phi) is 6.16. The molecule has 0 spiro atoms. The van der Waals surface area contributed by atoms with Gasteiger partial charge in [-0.05, 0) is 28.1 Å². The lowest BCUT2D eigenvalue weighted by molar-refractivity contribution is -0.144. The molecular formula is C10H20N2O2. The van der Waals surface area contributed by atoms with Crippen LogP contribution in [0.3, 0.4) is 0 Å². The van der Waals surface area contributed by atoms with Gasteiger partial charge in [-0.1, -0.05) is 6.58 Å². The molecule has 0 saturated carbocycles. The van der Waals surface area contributed by atoms with E-state index in [0.717, 1.165) is 0 Å². The van der Waals surface area contributed by atoms with E-state index in [1.165, 1.54) is 0 Å². The normalized spacial score (nSPS) is 12.6. The van der Waals surface area contributed by atoms with Crippen molar-refractivity contribution in [3.8, 4) is 0 Å². The fourth-order valence-corrected chi connectivity index (χ4v) is 1.03. The van der Waals surface area contributed by atoms with Crippen LogP contribution in [0.2, 0.25) is 0 Å². The molecule has 1 N–H and O–H groups in total. The summed E-state index contributed by atoms with van der Waals surface area (Å²) in [6, 6.07) is 0. The zero-order valence-electron chi connectivity index (χ0n) is 9.46. The zero-order valence-corrected chi connectivity index (χ0v) is 9.46. The Labute approximate surface area is 85.9 Å². The minimum absolute atomic E-state index is 0.126. The molecule has 0 aliphatic rings. The number of carbonyl (C=O) groups excluding carboxylic acids is 1. The monoisotopic (exact) mass is 200 g/mol. The van der Waals surface area contributed by atoms with E-state index in [1.807, 2.05) is 26.0 Å². The van der Waals surface area contributed by atoms with Gasteiger partial charge in [0, 0.05) is 18.7 Å². The van der Waals surface area contributed by atoms with Crippen LogP contribution in [0.25, 0.3) is 0 Å². The molecule has 0 heterocycles. The number of hydrogen-bond donors (Lipinski definition) is 1. The topological polar surface area (TPSA) is 41.6 Å². The van der Waals surface area contributed by atoms with Crippen LogP contribution in [0.4, 0.5) is 0 Å². The van der Waals surface area contributed by atoms with Gasteiger partial charge in [0.1, 0.15) is 6.10 Å². The van der Waals surface area contributed by atoms with Crippen molar-refractivity contribution in [1.82, 2.24) is 10.2 Å². The maximum absolute atomic E-state index is 11.2. The Morgan fingerprint density at radius 1 is 1.57 bits per heavy atom. The van der Waals surface area contributed by atoms with E-state index in [4.69, 9.17) is 4.74 Å². The smallest absolute Gasteiger partial charge is 0.333 e. The molecule has 1 atom stereocenters. The number of ether oxygens (including phenoxy) is 1. The number of esters is 1. The molecule has 4 nitrogen and oxygen atoms in total. The second-order valence-electron chi connectivity index (χ2n) is 3.63. The van der Waals surface area contributed by atoms with Gasteiger partial charge in [-0.15, -0.1) is 0 Å². The third kappa shape index (κ3) is 5.72. The van der Waals surface area contributed by atoms with E-state index < -0.39 is 0 Å². The summed E-state index contributed by atoms with van der Waals surface area (Å²) in [6.07, 6.45) is -0.126. The van der Waals surface area contributed by atoms with Crippen molar-refractivity contribution in [2.45, 2.75) is 13.0 Å². The van der Waals surface area contributed by atoms with Crippen LogP contribution in [0.1, 0.15) is 6.92 Å². The van der Waals surface area contributed by atoms with E-state index >= 15 is 0 Å². The van der Waals surface area contributed by atoms with Crippen LogP contribution in [0.5, 0.6) is 0 Å². The summed E-state index contributed by atoms with van der Waals surface area (Å²) in [7, 11) is 5.71. The lowest BCUT2D eigenvalue weighted by atomic mass is 10.3. The van der Waals surface area contributed by atoms with Crippen LogP contribution >= 0.6 is 0 Å². The van der Waals surface area contributed by atoms with Crippen molar-refractivity contribution in [3.63, 3.8) is 0 Å². The average Bonchev–Trinajstić information content (AvgIpc) is 2.02. The third-order valence-corrected chi connectivity index (χ3v) is 1.62. The minimum Gasteiger partial charge on any atom is -0.456 e. The molecule has 0 aliphatic heterocycles. The maximum Gasteiger partial charge on any atom is 0.333 e. The van der Waals surface area contributed by atoms with Crippen LogP contribution in [0, 0.1) is 0 Å². The highest BCUT2D eigenvalue weighted by Crippen LogP contribution is 1.99. The van der Waals surface area contributed by atoms with E-state index in [2.05, 4.69) is 11.9 Å². The molecule has 0 fully saturated rings. The van der Waals surface area contributed by atoms with Gasteiger partial charge in [-0.2, -0.15) is 0 Å². The molecule has 14 heavy (non-hydrogen) atoms. The van der Waals surface area contributed by atoms with Gasteiger partial charge in [0.05, 0.1) is 0 Å². The first-order valence-electron chi connectivity index (χ1n) is 4.63. The SMILES string of the molecule is C=C(C)C(=O)OC(CNC)CN(C)C. The second-order valence-corrected chi connectivity index (χ2v) is 3.63. The van der Waals surface area contributed by atoms with Gasteiger partial charge in [0.2, 0.25) is 0 Å². The number of nitrogens with zero attached hydrogens (tertiary/aromatic N) is 1. The Balaban J connectivity index is 4.08. The van der Waals surface area contributed by atoms with E-state index in [9.17, 15) is 4.79 Å². The predicted octanol–water partition coefficient (Wildman–Crippen LogP) is 0.255. The van der Waals surface area contributed by atoms with E-state index in [1.54, 1.807) is 6.92 Å². The lowest BCUT2D eigenvalue weighted by Gasteiger charge is -2.21. The van der Waals surface area contributed by atoms with E-state index in [-0.39, 0.29) is 12.1 Å². The van der Waals surface area contributed by atoms with Gasteiger partial charge in [0.15, 0.2) is 0 Å². The number of nitrogens with one attached hydrogen (secondary N) is 1. The van der Waals surface area contributed by atoms with Crippen LogP contribution in [-0.2, 0) is 9.53 Å². The van der Waals surface area contributed by atoms with Crippen molar-refractivity contribution in [1.29, 1.82) is 0 Å². The highest BCUT2D eigenvalue weighted by molar-refractivity contribution is 5.87. The quantitative estimate of drug-likeness (QED) is 0.493. The Bertz CT molecular complexity index is 202. The summed E-state index contributed by atoms with van der Waals surface area (Å²) >= 11 is 0. The number of carbonyl (C=O) groups is 1. The molecule has 4 heteroatoms. The van der Waals surface area contributed by atoms with Crippen LogP contribution in [0.15, 0.2) is 12.2 Å². The first-order chi connectivity index (χ1) is 6.47. The Hall–Kier alpha value is -0.870. The fraction of sp³-hybridized carbons (Fsp3) is 0.700. The third-order valence-electron chi connectivity index (χ3n) is 1.62. The van der Waals surface area contributed by atoms with Crippen LogP contribution in [-0.4, -0.2) is 51.2 Å². The summed E-state index contributed by atoms with van der Waals surface area (Å²) in [5.74, 6) is -0.327. The molecule has 0 aromatic carbocycles. The summed E-state index contributed by atoms with van der Waals surface area (Å²) in [4.78, 5) is 13.2. The summed E-state index contributed by atoms with van der Waals surface area (Å²) < 4.78 is 5.22. The molecule has 0 aliphatic carbocycles. The lowest BCUT2D eigenvalue weighted by Crippen LogP contribution is -2.37. The van der Waals surface area contributed by atoms with Crippen molar-refractivity contribution in [2.24, 2.45) is 0 Å².